The highest BCUT2D eigenvalue weighted by Crippen LogP contribution is 2.32. The minimum Gasteiger partial charge on any atom is -0.485 e. The number of para-hydroxylation sites is 2. The third kappa shape index (κ3) is 6.72. The first-order valence-corrected chi connectivity index (χ1v) is 13.6. The van der Waals surface area contributed by atoms with Gasteiger partial charge in [0.25, 0.3) is 0 Å². The van der Waals surface area contributed by atoms with Crippen molar-refractivity contribution < 1.29 is 9.53 Å². The molecule has 3 aromatic rings. The first kappa shape index (κ1) is 25.4. The smallest absolute Gasteiger partial charge is 0.226 e. The monoisotopic (exact) mass is 491 g/mol. The van der Waals surface area contributed by atoms with Gasteiger partial charge < -0.3 is 15.0 Å². The van der Waals surface area contributed by atoms with Gasteiger partial charge in [0.1, 0.15) is 11.9 Å². The Morgan fingerprint density at radius 1 is 1.09 bits per heavy atom. The van der Waals surface area contributed by atoms with Crippen LogP contribution in [-0.4, -0.2) is 43.5 Å². The van der Waals surface area contributed by atoms with E-state index < -0.39 is 0 Å². The van der Waals surface area contributed by atoms with Crippen molar-refractivity contribution in [1.29, 1.82) is 0 Å². The lowest BCUT2D eigenvalue weighted by Crippen LogP contribution is -2.47. The number of piperidine rings is 1. The molecule has 1 amide bonds. The molecule has 5 nitrogen and oxygen atoms in total. The summed E-state index contributed by atoms with van der Waals surface area (Å²) >= 11 is 1.75. The molecule has 35 heavy (non-hydrogen) atoms. The highest BCUT2D eigenvalue weighted by Gasteiger charge is 2.28. The van der Waals surface area contributed by atoms with Gasteiger partial charge in [-0.05, 0) is 56.1 Å². The fourth-order valence-electron chi connectivity index (χ4n) is 4.81. The predicted molar refractivity (Wildman–Crippen MR) is 145 cm³/mol. The number of nitrogens with zero attached hydrogens (tertiary/aromatic N) is 2. The lowest BCUT2D eigenvalue weighted by Gasteiger charge is -2.38. The molecule has 0 spiro atoms. The normalized spacial score (nSPS) is 15.6. The highest BCUT2D eigenvalue weighted by molar-refractivity contribution is 7.10. The Labute approximate surface area is 213 Å². The molecule has 4 rings (SSSR count). The van der Waals surface area contributed by atoms with Crippen molar-refractivity contribution in [1.82, 2.24) is 10.2 Å². The number of hydrogen-bond donors (Lipinski definition) is 1. The third-order valence-corrected chi connectivity index (χ3v) is 7.64. The summed E-state index contributed by atoms with van der Waals surface area (Å²) in [7, 11) is 1.98. The van der Waals surface area contributed by atoms with Crippen LogP contribution in [0.5, 0.6) is 5.75 Å². The molecule has 2 aromatic carbocycles. The molecule has 1 aliphatic rings. The largest absolute Gasteiger partial charge is 0.485 e. The van der Waals surface area contributed by atoms with Crippen molar-refractivity contribution in [2.75, 3.05) is 31.6 Å². The van der Waals surface area contributed by atoms with E-state index in [0.717, 1.165) is 56.9 Å². The summed E-state index contributed by atoms with van der Waals surface area (Å²) in [5.74, 6) is 1.17. The van der Waals surface area contributed by atoms with Gasteiger partial charge in [-0.1, -0.05) is 49.4 Å². The molecule has 0 aliphatic carbocycles. The van der Waals surface area contributed by atoms with Crippen molar-refractivity contribution in [3.8, 4) is 5.75 Å². The maximum absolute atomic E-state index is 12.8. The van der Waals surface area contributed by atoms with Crippen molar-refractivity contribution in [3.05, 3.63) is 82.6 Å². The van der Waals surface area contributed by atoms with E-state index in [9.17, 15) is 4.79 Å². The van der Waals surface area contributed by atoms with Crippen LogP contribution >= 0.6 is 11.3 Å². The predicted octanol–water partition coefficient (Wildman–Crippen LogP) is 5.89. The SMILES string of the molecule is CCC(=O)N(c1ccccc1)C1CCN(Cc2ccccc2O[C@H](CCNC)c2cccs2)CC1. The summed E-state index contributed by atoms with van der Waals surface area (Å²) in [5.41, 5.74) is 2.24. The summed E-state index contributed by atoms with van der Waals surface area (Å²) < 4.78 is 6.59. The van der Waals surface area contributed by atoms with Crippen LogP contribution in [0.3, 0.4) is 0 Å². The third-order valence-electron chi connectivity index (χ3n) is 6.68. The molecule has 6 heteroatoms. The summed E-state index contributed by atoms with van der Waals surface area (Å²) in [6, 6.07) is 23.1. The molecule has 1 N–H and O–H groups in total. The molecule has 1 atom stereocenters. The number of rotatable bonds is 11. The topological polar surface area (TPSA) is 44.8 Å². The lowest BCUT2D eigenvalue weighted by atomic mass is 10.0. The number of carbonyl (C=O) groups excluding carboxylic acids is 1. The average molecular weight is 492 g/mol. The zero-order valence-corrected chi connectivity index (χ0v) is 21.7. The molecule has 0 saturated carbocycles. The number of amides is 1. The standard InChI is InChI=1S/C29H37N3O2S/c1-3-29(33)32(24-11-5-4-6-12-24)25-16-19-31(20-17-25)22-23-10-7-8-13-26(23)34-27(15-18-30-2)28-14-9-21-35-28/h4-14,21,25,27,30H,3,15-20,22H2,1-2H3/t27-/m1/s1. The van der Waals surface area contributed by atoms with Crippen LogP contribution in [0.4, 0.5) is 5.69 Å². The Balaban J connectivity index is 1.41. The fraction of sp³-hybridized carbons (Fsp3) is 0.414. The molecule has 0 bridgehead atoms. The molecule has 1 aliphatic heterocycles. The molecule has 1 fully saturated rings. The number of likely N-dealkylation sites (tertiary alicyclic amines) is 1. The Bertz CT molecular complexity index is 1030. The van der Waals surface area contributed by atoms with E-state index in [1.54, 1.807) is 11.3 Å². The Hall–Kier alpha value is -2.67. The number of carbonyl (C=O) groups is 1. The number of benzene rings is 2. The van der Waals surface area contributed by atoms with Gasteiger partial charge in [0.2, 0.25) is 5.91 Å². The molecule has 0 radical (unpaired) electrons. The number of thiophene rings is 1. The molecular formula is C29H37N3O2S. The number of anilines is 1. The van der Waals surface area contributed by atoms with E-state index in [2.05, 4.69) is 52.0 Å². The van der Waals surface area contributed by atoms with Crippen LogP contribution in [0.1, 0.15) is 49.2 Å². The average Bonchev–Trinajstić information content (AvgIpc) is 3.44. The summed E-state index contributed by atoms with van der Waals surface area (Å²) in [4.78, 5) is 18.6. The van der Waals surface area contributed by atoms with E-state index in [-0.39, 0.29) is 18.1 Å². The number of nitrogens with one attached hydrogen (secondary N) is 1. The molecule has 2 heterocycles. The Morgan fingerprint density at radius 2 is 1.83 bits per heavy atom. The quantitative estimate of drug-likeness (QED) is 0.364. The second-order valence-electron chi connectivity index (χ2n) is 9.08. The zero-order valence-electron chi connectivity index (χ0n) is 20.9. The van der Waals surface area contributed by atoms with Crippen molar-refractivity contribution in [2.24, 2.45) is 0 Å². The van der Waals surface area contributed by atoms with Crippen molar-refractivity contribution in [3.63, 3.8) is 0 Å². The van der Waals surface area contributed by atoms with Gasteiger partial charge in [0.15, 0.2) is 0 Å². The maximum atomic E-state index is 12.8. The fourth-order valence-corrected chi connectivity index (χ4v) is 5.59. The molecule has 0 unspecified atom stereocenters. The molecular weight excluding hydrogens is 454 g/mol. The van der Waals surface area contributed by atoms with Crippen LogP contribution in [0.2, 0.25) is 0 Å². The van der Waals surface area contributed by atoms with Crippen LogP contribution in [0.25, 0.3) is 0 Å². The highest BCUT2D eigenvalue weighted by atomic mass is 32.1. The summed E-state index contributed by atoms with van der Waals surface area (Å²) in [6.45, 7) is 5.65. The molecule has 1 saturated heterocycles. The first-order valence-electron chi connectivity index (χ1n) is 12.7. The number of hydrogen-bond acceptors (Lipinski definition) is 5. The van der Waals surface area contributed by atoms with Gasteiger partial charge in [-0.3, -0.25) is 9.69 Å². The second kappa shape index (κ2) is 12.9. The van der Waals surface area contributed by atoms with Crippen LogP contribution in [0, 0.1) is 0 Å². The lowest BCUT2D eigenvalue weighted by molar-refractivity contribution is -0.119. The van der Waals surface area contributed by atoms with Gasteiger partial charge >= 0.3 is 0 Å². The van der Waals surface area contributed by atoms with Crippen LogP contribution < -0.4 is 15.0 Å². The van der Waals surface area contributed by atoms with Gasteiger partial charge in [0, 0.05) is 54.6 Å². The van der Waals surface area contributed by atoms with Gasteiger partial charge in [-0.25, -0.2) is 0 Å². The van der Waals surface area contributed by atoms with E-state index in [1.165, 1.54) is 10.4 Å². The minimum atomic E-state index is 0.0498. The Morgan fingerprint density at radius 3 is 2.51 bits per heavy atom. The minimum absolute atomic E-state index is 0.0498. The summed E-state index contributed by atoms with van der Waals surface area (Å²) in [5, 5.41) is 5.37. The second-order valence-corrected chi connectivity index (χ2v) is 10.1. The van der Waals surface area contributed by atoms with Gasteiger partial charge in [0.05, 0.1) is 0 Å². The molecule has 1 aromatic heterocycles. The van der Waals surface area contributed by atoms with Crippen LogP contribution in [-0.2, 0) is 11.3 Å². The zero-order chi connectivity index (χ0) is 24.5. The Kier molecular flexibility index (Phi) is 9.35. The van der Waals surface area contributed by atoms with E-state index in [0.29, 0.717) is 6.42 Å². The summed E-state index contributed by atoms with van der Waals surface area (Å²) in [6.07, 6.45) is 3.46. The number of ether oxygens (including phenoxy) is 1. The van der Waals surface area contributed by atoms with Gasteiger partial charge in [-0.15, -0.1) is 11.3 Å². The molecule has 186 valence electrons. The van der Waals surface area contributed by atoms with E-state index in [1.807, 2.05) is 49.2 Å². The van der Waals surface area contributed by atoms with Crippen molar-refractivity contribution >= 4 is 22.9 Å². The van der Waals surface area contributed by atoms with Crippen molar-refractivity contribution in [2.45, 2.75) is 51.3 Å². The van der Waals surface area contributed by atoms with Crippen LogP contribution in [0.15, 0.2) is 72.1 Å². The van der Waals surface area contributed by atoms with E-state index in [4.69, 9.17) is 4.74 Å². The first-order chi connectivity index (χ1) is 17.2. The van der Waals surface area contributed by atoms with E-state index >= 15 is 0 Å². The van der Waals surface area contributed by atoms with Gasteiger partial charge in [-0.2, -0.15) is 0 Å². The maximum Gasteiger partial charge on any atom is 0.226 e.